The van der Waals surface area contributed by atoms with Crippen LogP contribution in [-0.4, -0.2) is 0 Å². The van der Waals surface area contributed by atoms with E-state index in [0.29, 0.717) is 5.41 Å². The molecule has 0 saturated heterocycles. The van der Waals surface area contributed by atoms with Gasteiger partial charge in [0.15, 0.2) is 0 Å². The largest absolute Gasteiger partial charge is 0.356 e. The molecule has 0 unspecified atom stereocenters. The van der Waals surface area contributed by atoms with Gasteiger partial charge in [0.2, 0.25) is 0 Å². The number of hydrogen-bond donors (Lipinski definition) is 1. The lowest BCUT2D eigenvalue weighted by Gasteiger charge is -2.19. The lowest BCUT2D eigenvalue weighted by molar-refractivity contribution is 0.392. The lowest BCUT2D eigenvalue weighted by atomic mass is 9.87. The second-order valence-corrected chi connectivity index (χ2v) is 8.45. The molecule has 2 aromatic rings. The van der Waals surface area contributed by atoms with Gasteiger partial charge in [0.1, 0.15) is 0 Å². The summed E-state index contributed by atoms with van der Waals surface area (Å²) in [5, 5.41) is 3.54. The Balaban J connectivity index is 1.77. The van der Waals surface area contributed by atoms with Gasteiger partial charge in [-0.05, 0) is 64.6 Å². The predicted octanol–water partition coefficient (Wildman–Crippen LogP) is 5.85. The molecule has 1 heteroatoms. The Labute approximate surface area is 134 Å². The summed E-state index contributed by atoms with van der Waals surface area (Å²) in [5.74, 6) is 0. The molecule has 2 aromatic carbocycles. The van der Waals surface area contributed by atoms with Crippen LogP contribution >= 0.6 is 0 Å². The Kier molecular flexibility index (Phi) is 3.55. The molecule has 0 saturated carbocycles. The summed E-state index contributed by atoms with van der Waals surface area (Å²) in [6.45, 7) is 11.4. The highest BCUT2D eigenvalue weighted by Gasteiger charge is 2.28. The molecule has 0 amide bonds. The highest BCUT2D eigenvalue weighted by Crippen LogP contribution is 2.37. The number of benzene rings is 2. The molecule has 0 radical (unpaired) electrons. The Morgan fingerprint density at radius 2 is 1.41 bits per heavy atom. The van der Waals surface area contributed by atoms with Crippen LogP contribution < -0.4 is 5.32 Å². The molecule has 0 spiro atoms. The summed E-state index contributed by atoms with van der Waals surface area (Å²) in [4.78, 5) is 0. The second kappa shape index (κ2) is 5.15. The maximum atomic E-state index is 3.54. The summed E-state index contributed by atoms with van der Waals surface area (Å²) in [6.07, 6.45) is 2.38. The number of rotatable bonds is 2. The molecule has 0 heterocycles. The van der Waals surface area contributed by atoms with Gasteiger partial charge >= 0.3 is 0 Å². The van der Waals surface area contributed by atoms with E-state index in [-0.39, 0.29) is 5.41 Å². The van der Waals surface area contributed by atoms with Crippen LogP contribution in [0.1, 0.15) is 51.3 Å². The van der Waals surface area contributed by atoms with Crippen molar-refractivity contribution in [2.24, 2.45) is 5.41 Å². The van der Waals surface area contributed by atoms with Gasteiger partial charge in [0, 0.05) is 11.4 Å². The van der Waals surface area contributed by atoms with Crippen LogP contribution in [0, 0.1) is 5.41 Å². The molecule has 22 heavy (non-hydrogen) atoms. The minimum Gasteiger partial charge on any atom is -0.356 e. The number of anilines is 2. The Morgan fingerprint density at radius 1 is 0.818 bits per heavy atom. The van der Waals surface area contributed by atoms with Gasteiger partial charge in [-0.2, -0.15) is 0 Å². The van der Waals surface area contributed by atoms with Crippen LogP contribution in [0.15, 0.2) is 42.5 Å². The van der Waals surface area contributed by atoms with Gasteiger partial charge in [0.25, 0.3) is 0 Å². The second-order valence-electron chi connectivity index (χ2n) is 8.45. The van der Waals surface area contributed by atoms with Crippen molar-refractivity contribution < 1.29 is 0 Å². The average molecular weight is 293 g/mol. The van der Waals surface area contributed by atoms with Crippen LogP contribution in [0.25, 0.3) is 0 Å². The van der Waals surface area contributed by atoms with Crippen molar-refractivity contribution in [3.63, 3.8) is 0 Å². The van der Waals surface area contributed by atoms with Gasteiger partial charge in [-0.1, -0.05) is 52.8 Å². The van der Waals surface area contributed by atoms with Gasteiger partial charge in [-0.3, -0.25) is 0 Å². The fourth-order valence-corrected chi connectivity index (χ4v) is 3.35. The first-order chi connectivity index (χ1) is 10.2. The van der Waals surface area contributed by atoms with E-state index >= 15 is 0 Å². The summed E-state index contributed by atoms with van der Waals surface area (Å²) < 4.78 is 0. The third-order valence-electron chi connectivity index (χ3n) is 4.58. The molecule has 1 aliphatic carbocycles. The van der Waals surface area contributed by atoms with E-state index < -0.39 is 0 Å². The van der Waals surface area contributed by atoms with Crippen molar-refractivity contribution >= 4 is 11.4 Å². The smallest absolute Gasteiger partial charge is 0.0387 e. The topological polar surface area (TPSA) is 12.0 Å². The highest BCUT2D eigenvalue weighted by molar-refractivity contribution is 5.62. The fraction of sp³-hybridized carbons (Fsp3) is 0.429. The van der Waals surface area contributed by atoms with Crippen molar-refractivity contribution in [2.45, 2.75) is 52.9 Å². The first kappa shape index (κ1) is 15.1. The minimum atomic E-state index is 0.206. The van der Waals surface area contributed by atoms with Crippen LogP contribution in [0.2, 0.25) is 0 Å². The summed E-state index contributed by atoms with van der Waals surface area (Å²) in [6, 6.07) is 15.6. The quantitative estimate of drug-likeness (QED) is 0.732. The third kappa shape index (κ3) is 3.19. The van der Waals surface area contributed by atoms with Crippen molar-refractivity contribution in [3.8, 4) is 0 Å². The average Bonchev–Trinajstić information content (AvgIpc) is 2.71. The van der Waals surface area contributed by atoms with Crippen LogP contribution in [0.4, 0.5) is 11.4 Å². The van der Waals surface area contributed by atoms with E-state index in [2.05, 4.69) is 82.4 Å². The summed E-state index contributed by atoms with van der Waals surface area (Å²) in [5.41, 5.74) is 7.35. The SMILES string of the molecule is CC1(C)Cc2ccc(Nc3ccc(C(C)(C)C)cc3)cc2C1. The van der Waals surface area contributed by atoms with E-state index in [9.17, 15) is 0 Å². The highest BCUT2D eigenvalue weighted by atomic mass is 14.9. The van der Waals surface area contributed by atoms with Gasteiger partial charge in [-0.15, -0.1) is 0 Å². The molecule has 116 valence electrons. The first-order valence-electron chi connectivity index (χ1n) is 8.22. The van der Waals surface area contributed by atoms with Crippen molar-refractivity contribution in [3.05, 3.63) is 59.2 Å². The Bertz CT molecular complexity index is 672. The molecular weight excluding hydrogens is 266 g/mol. The zero-order chi connectivity index (χ0) is 16.0. The van der Waals surface area contributed by atoms with Crippen LogP contribution in [-0.2, 0) is 18.3 Å². The van der Waals surface area contributed by atoms with Crippen LogP contribution in [0.5, 0.6) is 0 Å². The summed E-state index contributed by atoms with van der Waals surface area (Å²) in [7, 11) is 0. The Hall–Kier alpha value is -1.76. The normalized spacial score (nSPS) is 16.4. The van der Waals surface area contributed by atoms with Gasteiger partial charge < -0.3 is 5.32 Å². The fourth-order valence-electron chi connectivity index (χ4n) is 3.35. The van der Waals surface area contributed by atoms with E-state index in [4.69, 9.17) is 0 Å². The van der Waals surface area contributed by atoms with Crippen LogP contribution in [0.3, 0.4) is 0 Å². The molecule has 1 nitrogen and oxygen atoms in total. The molecule has 0 atom stereocenters. The maximum absolute atomic E-state index is 3.54. The monoisotopic (exact) mass is 293 g/mol. The van der Waals surface area contributed by atoms with Crippen molar-refractivity contribution in [1.29, 1.82) is 0 Å². The molecule has 3 rings (SSSR count). The van der Waals surface area contributed by atoms with Crippen molar-refractivity contribution in [2.75, 3.05) is 5.32 Å². The van der Waals surface area contributed by atoms with E-state index in [1.807, 2.05) is 0 Å². The molecule has 1 aliphatic rings. The van der Waals surface area contributed by atoms with E-state index in [0.717, 1.165) is 5.69 Å². The molecule has 0 aromatic heterocycles. The van der Waals surface area contributed by atoms with E-state index in [1.165, 1.54) is 35.2 Å². The predicted molar refractivity (Wildman–Crippen MR) is 96.1 cm³/mol. The molecule has 0 bridgehead atoms. The first-order valence-corrected chi connectivity index (χ1v) is 8.22. The van der Waals surface area contributed by atoms with E-state index in [1.54, 1.807) is 0 Å². The standard InChI is InChI=1S/C21H27N/c1-20(2,3)17-7-10-18(11-8-17)22-19-9-6-15-13-21(4,5)14-16(15)12-19/h6-12,22H,13-14H2,1-5H3. The number of hydrogen-bond acceptors (Lipinski definition) is 1. The summed E-state index contributed by atoms with van der Waals surface area (Å²) >= 11 is 0. The Morgan fingerprint density at radius 3 is 2.05 bits per heavy atom. The molecular formula is C21H27N. The molecule has 0 aliphatic heterocycles. The maximum Gasteiger partial charge on any atom is 0.0387 e. The number of nitrogens with one attached hydrogen (secondary N) is 1. The van der Waals surface area contributed by atoms with Gasteiger partial charge in [0.05, 0.1) is 0 Å². The lowest BCUT2D eigenvalue weighted by Crippen LogP contribution is -2.10. The molecule has 0 fully saturated rings. The zero-order valence-electron chi connectivity index (χ0n) is 14.5. The minimum absolute atomic E-state index is 0.206. The zero-order valence-corrected chi connectivity index (χ0v) is 14.5. The van der Waals surface area contributed by atoms with Gasteiger partial charge in [-0.25, -0.2) is 0 Å². The van der Waals surface area contributed by atoms with Crippen molar-refractivity contribution in [1.82, 2.24) is 0 Å². The third-order valence-corrected chi connectivity index (χ3v) is 4.58. The molecule has 1 N–H and O–H groups in total. The number of fused-ring (bicyclic) bond motifs is 1.